The van der Waals surface area contributed by atoms with Gasteiger partial charge in [-0.15, -0.1) is 11.8 Å². The number of rotatable bonds is 4. The number of nitrogens with one attached hydrogen (secondary N) is 1. The number of aryl methyl sites for hydroxylation is 1. The molecule has 2 amide bonds. The first-order valence-electron chi connectivity index (χ1n) is 8.43. The molecule has 23 heavy (non-hydrogen) atoms. The fourth-order valence-corrected chi connectivity index (χ4v) is 4.58. The van der Waals surface area contributed by atoms with Gasteiger partial charge in [0.2, 0.25) is 11.8 Å². The van der Waals surface area contributed by atoms with Crippen LogP contribution in [-0.4, -0.2) is 35.1 Å². The molecule has 2 aliphatic rings. The third kappa shape index (κ3) is 3.39. The Kier molecular flexibility index (Phi) is 4.95. The molecule has 0 saturated carbocycles. The van der Waals surface area contributed by atoms with Crippen molar-refractivity contribution in [2.75, 3.05) is 12.3 Å². The Bertz CT molecular complexity index is 617. The zero-order chi connectivity index (χ0) is 16.4. The van der Waals surface area contributed by atoms with Crippen LogP contribution >= 0.6 is 11.8 Å². The van der Waals surface area contributed by atoms with E-state index in [2.05, 4.69) is 30.4 Å². The molecular formula is C18H24N2O2S. The van der Waals surface area contributed by atoms with E-state index in [4.69, 9.17) is 0 Å². The number of hydrogen-bond donors (Lipinski definition) is 1. The molecule has 124 valence electrons. The van der Waals surface area contributed by atoms with E-state index in [0.29, 0.717) is 19.4 Å². The predicted molar refractivity (Wildman–Crippen MR) is 92.4 cm³/mol. The van der Waals surface area contributed by atoms with Gasteiger partial charge in [-0.3, -0.25) is 9.59 Å². The fraction of sp³-hybridized carbons (Fsp3) is 0.556. The Balaban J connectivity index is 1.75. The summed E-state index contributed by atoms with van der Waals surface area (Å²) in [4.78, 5) is 27.7. The SMILES string of the molecule is CC[C@@H](C(=O)N[C@H]1CCSc2ccc(C)cc21)N1CCCC1=O. The monoisotopic (exact) mass is 332 g/mol. The number of benzene rings is 1. The Hall–Kier alpha value is -1.49. The second-order valence-corrected chi connectivity index (χ2v) is 7.49. The van der Waals surface area contributed by atoms with Crippen LogP contribution in [0.2, 0.25) is 0 Å². The van der Waals surface area contributed by atoms with Crippen LogP contribution in [-0.2, 0) is 9.59 Å². The first-order chi connectivity index (χ1) is 11.1. The summed E-state index contributed by atoms with van der Waals surface area (Å²) in [7, 11) is 0. The molecule has 1 aromatic rings. The quantitative estimate of drug-likeness (QED) is 0.922. The highest BCUT2D eigenvalue weighted by atomic mass is 32.2. The Morgan fingerprint density at radius 1 is 1.48 bits per heavy atom. The summed E-state index contributed by atoms with van der Waals surface area (Å²) in [6, 6.07) is 6.18. The van der Waals surface area contributed by atoms with Gasteiger partial charge in [0, 0.05) is 23.6 Å². The van der Waals surface area contributed by atoms with Crippen molar-refractivity contribution in [3.8, 4) is 0 Å². The topological polar surface area (TPSA) is 49.4 Å². The Morgan fingerprint density at radius 3 is 3.00 bits per heavy atom. The standard InChI is InChI=1S/C18H24N2O2S/c1-3-15(20-9-4-5-17(20)21)18(22)19-14-8-10-23-16-7-6-12(2)11-13(14)16/h6-7,11,14-15H,3-5,8-10H2,1-2H3,(H,19,22)/t14-,15-/m0/s1. The number of likely N-dealkylation sites (tertiary alicyclic amines) is 1. The van der Waals surface area contributed by atoms with Gasteiger partial charge >= 0.3 is 0 Å². The maximum absolute atomic E-state index is 12.8. The molecule has 0 radical (unpaired) electrons. The van der Waals surface area contributed by atoms with Crippen LogP contribution in [0.3, 0.4) is 0 Å². The highest BCUT2D eigenvalue weighted by Crippen LogP contribution is 2.36. The van der Waals surface area contributed by atoms with E-state index in [1.165, 1.54) is 16.0 Å². The zero-order valence-corrected chi connectivity index (χ0v) is 14.6. The van der Waals surface area contributed by atoms with Crippen molar-refractivity contribution < 1.29 is 9.59 Å². The molecule has 2 heterocycles. The lowest BCUT2D eigenvalue weighted by Crippen LogP contribution is -2.48. The minimum atomic E-state index is -0.326. The van der Waals surface area contributed by atoms with E-state index in [1.54, 1.807) is 4.90 Å². The highest BCUT2D eigenvalue weighted by molar-refractivity contribution is 7.99. The molecule has 2 aliphatic heterocycles. The summed E-state index contributed by atoms with van der Waals surface area (Å²) in [6.45, 7) is 4.77. The maximum atomic E-state index is 12.8. The minimum Gasteiger partial charge on any atom is -0.347 e. The fourth-order valence-electron chi connectivity index (χ4n) is 3.48. The lowest BCUT2D eigenvalue weighted by molar-refractivity contribution is -0.137. The van der Waals surface area contributed by atoms with E-state index in [-0.39, 0.29) is 23.9 Å². The summed E-state index contributed by atoms with van der Waals surface area (Å²) in [5.41, 5.74) is 2.43. The number of carbonyl (C=O) groups excluding carboxylic acids is 2. The van der Waals surface area contributed by atoms with Gasteiger partial charge in [-0.25, -0.2) is 0 Å². The molecular weight excluding hydrogens is 308 g/mol. The number of amides is 2. The third-order valence-electron chi connectivity index (χ3n) is 4.70. The van der Waals surface area contributed by atoms with Gasteiger partial charge in [-0.05, 0) is 37.8 Å². The number of thioether (sulfide) groups is 1. The average Bonchev–Trinajstić information content (AvgIpc) is 2.95. The van der Waals surface area contributed by atoms with Gasteiger partial charge in [-0.2, -0.15) is 0 Å². The zero-order valence-electron chi connectivity index (χ0n) is 13.8. The first-order valence-corrected chi connectivity index (χ1v) is 9.42. The molecule has 0 spiro atoms. The molecule has 2 atom stereocenters. The number of carbonyl (C=O) groups is 2. The van der Waals surface area contributed by atoms with Crippen LogP contribution in [0.1, 0.15) is 49.8 Å². The van der Waals surface area contributed by atoms with E-state index in [9.17, 15) is 9.59 Å². The Labute approximate surface area is 142 Å². The molecule has 1 aromatic carbocycles. The van der Waals surface area contributed by atoms with E-state index in [1.807, 2.05) is 18.7 Å². The lowest BCUT2D eigenvalue weighted by atomic mass is 10.0. The van der Waals surface area contributed by atoms with E-state index < -0.39 is 0 Å². The molecule has 0 unspecified atom stereocenters. The van der Waals surface area contributed by atoms with Crippen molar-refractivity contribution in [1.29, 1.82) is 0 Å². The number of fused-ring (bicyclic) bond motifs is 1. The largest absolute Gasteiger partial charge is 0.347 e. The molecule has 0 aromatic heterocycles. The van der Waals surface area contributed by atoms with E-state index in [0.717, 1.165) is 18.6 Å². The average molecular weight is 332 g/mol. The van der Waals surface area contributed by atoms with Crippen LogP contribution in [0, 0.1) is 6.92 Å². The van der Waals surface area contributed by atoms with Crippen LogP contribution in [0.4, 0.5) is 0 Å². The molecule has 1 fully saturated rings. The van der Waals surface area contributed by atoms with Crippen molar-refractivity contribution in [3.05, 3.63) is 29.3 Å². The summed E-state index contributed by atoms with van der Waals surface area (Å²) < 4.78 is 0. The van der Waals surface area contributed by atoms with Crippen molar-refractivity contribution >= 4 is 23.6 Å². The number of nitrogens with zero attached hydrogens (tertiary/aromatic N) is 1. The van der Waals surface area contributed by atoms with Gasteiger partial charge in [-0.1, -0.05) is 24.6 Å². The summed E-state index contributed by atoms with van der Waals surface area (Å²) in [5.74, 6) is 1.12. The second-order valence-electron chi connectivity index (χ2n) is 6.35. The summed E-state index contributed by atoms with van der Waals surface area (Å²) in [5, 5.41) is 3.20. The van der Waals surface area contributed by atoms with E-state index >= 15 is 0 Å². The third-order valence-corrected chi connectivity index (χ3v) is 5.82. The number of hydrogen-bond acceptors (Lipinski definition) is 3. The molecule has 1 saturated heterocycles. The highest BCUT2D eigenvalue weighted by Gasteiger charge is 2.33. The maximum Gasteiger partial charge on any atom is 0.243 e. The van der Waals surface area contributed by atoms with Crippen molar-refractivity contribution in [2.24, 2.45) is 0 Å². The second kappa shape index (κ2) is 6.95. The normalized spacial score (nSPS) is 21.9. The smallest absolute Gasteiger partial charge is 0.243 e. The summed E-state index contributed by atoms with van der Waals surface area (Å²) in [6.07, 6.45) is 3.05. The van der Waals surface area contributed by atoms with Gasteiger partial charge < -0.3 is 10.2 Å². The molecule has 4 nitrogen and oxygen atoms in total. The Morgan fingerprint density at radius 2 is 2.30 bits per heavy atom. The van der Waals surface area contributed by atoms with Crippen LogP contribution in [0.25, 0.3) is 0 Å². The van der Waals surface area contributed by atoms with Crippen LogP contribution < -0.4 is 5.32 Å². The van der Waals surface area contributed by atoms with Gasteiger partial charge in [0.15, 0.2) is 0 Å². The molecule has 0 bridgehead atoms. The summed E-state index contributed by atoms with van der Waals surface area (Å²) >= 11 is 1.85. The van der Waals surface area contributed by atoms with Gasteiger partial charge in [0.25, 0.3) is 0 Å². The molecule has 5 heteroatoms. The van der Waals surface area contributed by atoms with Crippen molar-refractivity contribution in [3.63, 3.8) is 0 Å². The van der Waals surface area contributed by atoms with Crippen LogP contribution in [0.15, 0.2) is 23.1 Å². The molecule has 0 aliphatic carbocycles. The van der Waals surface area contributed by atoms with Crippen molar-refractivity contribution in [1.82, 2.24) is 10.2 Å². The minimum absolute atomic E-state index is 0.00731. The lowest BCUT2D eigenvalue weighted by Gasteiger charge is -2.31. The van der Waals surface area contributed by atoms with Crippen LogP contribution in [0.5, 0.6) is 0 Å². The molecule has 1 N–H and O–H groups in total. The predicted octanol–water partition coefficient (Wildman–Crippen LogP) is 3.05. The van der Waals surface area contributed by atoms with Crippen molar-refractivity contribution in [2.45, 2.75) is 56.5 Å². The first kappa shape index (κ1) is 16.4. The van der Waals surface area contributed by atoms with Gasteiger partial charge in [0.05, 0.1) is 6.04 Å². The van der Waals surface area contributed by atoms with Gasteiger partial charge in [0.1, 0.15) is 6.04 Å². The molecule has 3 rings (SSSR count).